The van der Waals surface area contributed by atoms with Gasteiger partial charge in [0, 0.05) is 30.9 Å². The van der Waals surface area contributed by atoms with E-state index in [4.69, 9.17) is 4.52 Å². The Morgan fingerprint density at radius 1 is 1.28 bits per heavy atom. The summed E-state index contributed by atoms with van der Waals surface area (Å²) in [5.74, 6) is 0.0391. The van der Waals surface area contributed by atoms with E-state index in [9.17, 15) is 8.42 Å². The van der Waals surface area contributed by atoms with Crippen molar-refractivity contribution in [1.29, 1.82) is 0 Å². The van der Waals surface area contributed by atoms with Crippen molar-refractivity contribution in [2.75, 3.05) is 13.1 Å². The lowest BCUT2D eigenvalue weighted by Crippen LogP contribution is -2.32. The molecule has 3 aromatic heterocycles. The van der Waals surface area contributed by atoms with Crippen LogP contribution in [0.2, 0.25) is 0 Å². The zero-order valence-corrected chi connectivity index (χ0v) is 14.5. The molecule has 0 bridgehead atoms. The molecule has 0 spiro atoms. The number of nitrogens with zero attached hydrogens (tertiary/aromatic N) is 4. The number of sulfonamides is 1. The number of hydrogen-bond donors (Lipinski definition) is 0. The van der Waals surface area contributed by atoms with Gasteiger partial charge in [0.25, 0.3) is 15.9 Å². The minimum atomic E-state index is -3.70. The summed E-state index contributed by atoms with van der Waals surface area (Å²) in [6, 6.07) is 6.50. The average Bonchev–Trinajstić information content (AvgIpc) is 3.36. The van der Waals surface area contributed by atoms with Crippen LogP contribution in [0.4, 0.5) is 4.39 Å². The molecule has 130 valence electrons. The molecule has 1 unspecified atom stereocenters. The highest BCUT2D eigenvalue weighted by Gasteiger charge is 2.48. The van der Waals surface area contributed by atoms with Crippen molar-refractivity contribution in [3.63, 3.8) is 0 Å². The highest BCUT2D eigenvalue weighted by molar-refractivity contribution is 7.91. The Bertz CT molecular complexity index is 975. The van der Waals surface area contributed by atoms with Crippen LogP contribution in [0.1, 0.15) is 12.2 Å². The van der Waals surface area contributed by atoms with Crippen LogP contribution in [0, 0.1) is 0 Å². The average molecular weight is 380 g/mol. The second-order valence-electron chi connectivity index (χ2n) is 5.65. The fourth-order valence-corrected chi connectivity index (χ4v) is 5.31. The largest absolute Gasteiger partial charge is 0.334 e. The van der Waals surface area contributed by atoms with Crippen LogP contribution in [0.3, 0.4) is 0 Å². The van der Waals surface area contributed by atoms with E-state index in [-0.39, 0.29) is 35.4 Å². The summed E-state index contributed by atoms with van der Waals surface area (Å²) in [4.78, 5) is 8.01. The van der Waals surface area contributed by atoms with Crippen LogP contribution in [0.25, 0.3) is 11.5 Å². The minimum absolute atomic E-state index is 0.0209. The molecule has 0 radical (unpaired) electrons. The molecule has 1 fully saturated rings. The molecule has 0 aliphatic carbocycles. The molecular formula is C15H13FN4O3S2. The topological polar surface area (TPSA) is 89.2 Å². The van der Waals surface area contributed by atoms with Crippen LogP contribution in [0.15, 0.2) is 50.8 Å². The van der Waals surface area contributed by atoms with Gasteiger partial charge in [-0.15, -0.1) is 11.3 Å². The molecule has 3 aromatic rings. The van der Waals surface area contributed by atoms with E-state index < -0.39 is 15.7 Å². The van der Waals surface area contributed by atoms with Gasteiger partial charge in [0.15, 0.2) is 5.67 Å². The van der Waals surface area contributed by atoms with E-state index in [2.05, 4.69) is 15.1 Å². The molecule has 1 saturated heterocycles. The van der Waals surface area contributed by atoms with Gasteiger partial charge in [-0.25, -0.2) is 12.8 Å². The zero-order chi connectivity index (χ0) is 17.5. The third kappa shape index (κ3) is 2.86. The SMILES string of the molecule is O=S(=O)(c1cccs1)N1CCC(F)(c2noc(-c3ccncc3)n2)C1. The van der Waals surface area contributed by atoms with E-state index in [1.165, 1.54) is 6.07 Å². The maximum atomic E-state index is 15.3. The first-order valence-corrected chi connectivity index (χ1v) is 9.78. The first-order valence-electron chi connectivity index (χ1n) is 7.46. The molecule has 4 heterocycles. The van der Waals surface area contributed by atoms with Gasteiger partial charge in [0.1, 0.15) is 4.21 Å². The first-order chi connectivity index (χ1) is 12.0. The molecule has 10 heteroatoms. The van der Waals surface area contributed by atoms with Gasteiger partial charge in [0.05, 0.1) is 6.54 Å². The van der Waals surface area contributed by atoms with Crippen molar-refractivity contribution in [3.8, 4) is 11.5 Å². The van der Waals surface area contributed by atoms with Crippen LogP contribution in [0.5, 0.6) is 0 Å². The molecule has 25 heavy (non-hydrogen) atoms. The van der Waals surface area contributed by atoms with E-state index in [1.54, 1.807) is 36.0 Å². The lowest BCUT2D eigenvalue weighted by molar-refractivity contribution is 0.164. The Balaban J connectivity index is 1.59. The number of hydrogen-bond acceptors (Lipinski definition) is 7. The number of thiophene rings is 1. The van der Waals surface area contributed by atoms with E-state index in [1.807, 2.05) is 0 Å². The van der Waals surface area contributed by atoms with Crippen LogP contribution < -0.4 is 0 Å². The normalized spacial score (nSPS) is 21.6. The number of alkyl halides is 1. The van der Waals surface area contributed by atoms with E-state index in [0.29, 0.717) is 5.56 Å². The Kier molecular flexibility index (Phi) is 3.89. The Labute approximate surface area is 147 Å². The molecule has 1 atom stereocenters. The van der Waals surface area contributed by atoms with Crippen LogP contribution in [-0.4, -0.2) is 40.9 Å². The summed E-state index contributed by atoms with van der Waals surface area (Å²) in [7, 11) is -3.70. The smallest absolute Gasteiger partial charge is 0.258 e. The van der Waals surface area contributed by atoms with Crippen molar-refractivity contribution < 1.29 is 17.3 Å². The molecule has 4 rings (SSSR count). The van der Waals surface area contributed by atoms with Crippen molar-refractivity contribution in [3.05, 3.63) is 47.9 Å². The molecule has 7 nitrogen and oxygen atoms in total. The first kappa shape index (κ1) is 16.3. The summed E-state index contributed by atoms with van der Waals surface area (Å²) in [6.07, 6.45) is 3.11. The summed E-state index contributed by atoms with van der Waals surface area (Å²) >= 11 is 1.11. The Morgan fingerprint density at radius 2 is 2.08 bits per heavy atom. The molecule has 0 aromatic carbocycles. The maximum absolute atomic E-state index is 15.3. The molecular weight excluding hydrogens is 367 g/mol. The van der Waals surface area contributed by atoms with Gasteiger partial charge in [-0.2, -0.15) is 9.29 Å². The zero-order valence-electron chi connectivity index (χ0n) is 12.9. The Morgan fingerprint density at radius 3 is 2.80 bits per heavy atom. The highest BCUT2D eigenvalue weighted by atomic mass is 32.2. The molecule has 0 amide bonds. The number of aromatic nitrogens is 3. The van der Waals surface area contributed by atoms with Crippen molar-refractivity contribution in [2.45, 2.75) is 16.3 Å². The number of pyridine rings is 1. The molecule has 1 aliphatic rings. The standard InChI is InChI=1S/C15H13FN4O3S2/c16-15(14-18-13(23-19-14)11-3-6-17-7-4-11)5-8-20(10-15)25(21,22)12-2-1-9-24-12/h1-4,6-7,9H,5,8,10H2. The van der Waals surface area contributed by atoms with Crippen molar-refractivity contribution in [2.24, 2.45) is 0 Å². The van der Waals surface area contributed by atoms with Gasteiger partial charge in [-0.1, -0.05) is 11.2 Å². The van der Waals surface area contributed by atoms with Crippen molar-refractivity contribution >= 4 is 21.4 Å². The van der Waals surface area contributed by atoms with Gasteiger partial charge in [0.2, 0.25) is 5.82 Å². The lowest BCUT2D eigenvalue weighted by Gasteiger charge is -2.17. The predicted molar refractivity (Wildman–Crippen MR) is 88.0 cm³/mol. The quantitative estimate of drug-likeness (QED) is 0.691. The maximum Gasteiger partial charge on any atom is 0.258 e. The fourth-order valence-electron chi connectivity index (χ4n) is 2.68. The molecule has 1 aliphatic heterocycles. The van der Waals surface area contributed by atoms with Gasteiger partial charge < -0.3 is 4.52 Å². The molecule has 0 saturated carbocycles. The third-order valence-electron chi connectivity index (χ3n) is 4.03. The summed E-state index contributed by atoms with van der Waals surface area (Å²) in [6.45, 7) is -0.265. The third-order valence-corrected chi connectivity index (χ3v) is 7.25. The second kappa shape index (κ2) is 5.97. The number of halogens is 1. The van der Waals surface area contributed by atoms with Gasteiger partial charge in [-0.05, 0) is 23.6 Å². The fraction of sp³-hybridized carbons (Fsp3) is 0.267. The summed E-state index contributed by atoms with van der Waals surface area (Å²) in [5, 5.41) is 5.40. The van der Waals surface area contributed by atoms with E-state index in [0.717, 1.165) is 15.6 Å². The van der Waals surface area contributed by atoms with Crippen LogP contribution >= 0.6 is 11.3 Å². The molecule has 0 N–H and O–H groups in total. The van der Waals surface area contributed by atoms with Gasteiger partial charge >= 0.3 is 0 Å². The van der Waals surface area contributed by atoms with Gasteiger partial charge in [-0.3, -0.25) is 4.98 Å². The van der Waals surface area contributed by atoms with Crippen molar-refractivity contribution in [1.82, 2.24) is 19.4 Å². The minimum Gasteiger partial charge on any atom is -0.334 e. The Hall–Kier alpha value is -2.17. The lowest BCUT2D eigenvalue weighted by atomic mass is 10.1. The summed E-state index contributed by atoms with van der Waals surface area (Å²) in [5.41, 5.74) is -1.35. The predicted octanol–water partition coefficient (Wildman–Crippen LogP) is 2.45. The number of rotatable bonds is 4. The summed E-state index contributed by atoms with van der Waals surface area (Å²) < 4.78 is 46.8. The van der Waals surface area contributed by atoms with Crippen LogP contribution in [-0.2, 0) is 15.7 Å². The second-order valence-corrected chi connectivity index (χ2v) is 8.76. The highest BCUT2D eigenvalue weighted by Crippen LogP contribution is 2.38. The monoisotopic (exact) mass is 380 g/mol. The van der Waals surface area contributed by atoms with E-state index >= 15 is 4.39 Å².